The number of hydrogen-bond donors (Lipinski definition) is 2. The van der Waals surface area contributed by atoms with E-state index in [-0.39, 0.29) is 17.2 Å². The zero-order chi connectivity index (χ0) is 13.3. The number of aromatic amines is 1. The molecule has 2 aromatic rings. The lowest BCUT2D eigenvalue weighted by atomic mass is 10.2. The number of carbonyl (C=O) groups excluding carboxylic acids is 1. The van der Waals surface area contributed by atoms with Gasteiger partial charge in [0.2, 0.25) is 10.0 Å². The summed E-state index contributed by atoms with van der Waals surface area (Å²) in [4.78, 5) is 14.2. The summed E-state index contributed by atoms with van der Waals surface area (Å²) in [6.07, 6.45) is 0. The average Bonchev–Trinajstić information content (AvgIpc) is 2.68. The topological polar surface area (TPSA) is 102 Å². The van der Waals surface area contributed by atoms with Gasteiger partial charge in [-0.2, -0.15) is 0 Å². The van der Waals surface area contributed by atoms with Crippen LogP contribution in [0.2, 0.25) is 0 Å². The first kappa shape index (κ1) is 12.6. The molecule has 0 spiro atoms. The number of fused-ring (bicyclic) bond motifs is 1. The Hall–Kier alpha value is -1.86. The fourth-order valence-corrected chi connectivity index (χ4v) is 2.66. The standard InChI is InChI=1S/C11H12N2O4S/c1-2-17-11(14)9-10(18(12,15)16)7-5-3-4-6-8(7)13-9/h3-6,13H,2H2,1H3,(H2,12,15,16). The Balaban J connectivity index is 2.77. The third kappa shape index (κ3) is 2.09. The zero-order valence-electron chi connectivity index (χ0n) is 9.64. The summed E-state index contributed by atoms with van der Waals surface area (Å²) in [6, 6.07) is 6.63. The lowest BCUT2D eigenvalue weighted by molar-refractivity contribution is 0.0516. The van der Waals surface area contributed by atoms with Gasteiger partial charge in [-0.25, -0.2) is 18.4 Å². The van der Waals surface area contributed by atoms with Crippen molar-refractivity contribution in [3.63, 3.8) is 0 Å². The molecule has 3 N–H and O–H groups in total. The molecule has 0 atom stereocenters. The van der Waals surface area contributed by atoms with Crippen molar-refractivity contribution in [3.8, 4) is 0 Å². The second-order valence-electron chi connectivity index (χ2n) is 3.64. The maximum Gasteiger partial charge on any atom is 0.356 e. The molecule has 18 heavy (non-hydrogen) atoms. The van der Waals surface area contributed by atoms with Crippen LogP contribution in [-0.2, 0) is 14.8 Å². The van der Waals surface area contributed by atoms with E-state index in [9.17, 15) is 13.2 Å². The van der Waals surface area contributed by atoms with Crippen LogP contribution in [0.5, 0.6) is 0 Å². The summed E-state index contributed by atoms with van der Waals surface area (Å²) in [7, 11) is -4.01. The number of rotatable bonds is 3. The molecular weight excluding hydrogens is 256 g/mol. The van der Waals surface area contributed by atoms with Gasteiger partial charge in [-0.3, -0.25) is 0 Å². The average molecular weight is 268 g/mol. The molecule has 6 nitrogen and oxygen atoms in total. The lowest BCUT2D eigenvalue weighted by Crippen LogP contribution is -2.17. The van der Waals surface area contributed by atoms with Crippen molar-refractivity contribution in [1.29, 1.82) is 0 Å². The van der Waals surface area contributed by atoms with Crippen LogP contribution < -0.4 is 5.14 Å². The molecule has 0 aliphatic heterocycles. The lowest BCUT2D eigenvalue weighted by Gasteiger charge is -2.02. The van der Waals surface area contributed by atoms with E-state index in [1.165, 1.54) is 0 Å². The zero-order valence-corrected chi connectivity index (χ0v) is 10.5. The minimum atomic E-state index is -4.01. The van der Waals surface area contributed by atoms with Crippen LogP contribution in [0.15, 0.2) is 29.2 Å². The fraction of sp³-hybridized carbons (Fsp3) is 0.182. The molecule has 96 valence electrons. The van der Waals surface area contributed by atoms with Gasteiger partial charge in [-0.15, -0.1) is 0 Å². The molecule has 0 fully saturated rings. The Labute approximate surface area is 104 Å². The normalized spacial score (nSPS) is 11.7. The van der Waals surface area contributed by atoms with Gasteiger partial charge in [0.25, 0.3) is 0 Å². The number of H-pyrrole nitrogens is 1. The van der Waals surface area contributed by atoms with E-state index < -0.39 is 16.0 Å². The van der Waals surface area contributed by atoms with Gasteiger partial charge >= 0.3 is 5.97 Å². The van der Waals surface area contributed by atoms with Crippen LogP contribution in [-0.4, -0.2) is 26.0 Å². The van der Waals surface area contributed by atoms with Crippen molar-refractivity contribution >= 4 is 26.9 Å². The number of nitrogens with one attached hydrogen (secondary N) is 1. The van der Waals surface area contributed by atoms with Gasteiger partial charge in [-0.1, -0.05) is 18.2 Å². The van der Waals surface area contributed by atoms with E-state index >= 15 is 0 Å². The fourth-order valence-electron chi connectivity index (χ4n) is 1.76. The van der Waals surface area contributed by atoms with Crippen LogP contribution in [0.25, 0.3) is 10.9 Å². The van der Waals surface area contributed by atoms with Gasteiger partial charge in [-0.05, 0) is 13.0 Å². The Morgan fingerprint density at radius 3 is 2.67 bits per heavy atom. The van der Waals surface area contributed by atoms with Gasteiger partial charge in [0, 0.05) is 10.9 Å². The van der Waals surface area contributed by atoms with E-state index in [2.05, 4.69) is 4.98 Å². The van der Waals surface area contributed by atoms with Crippen molar-refractivity contribution in [1.82, 2.24) is 4.98 Å². The SMILES string of the molecule is CCOC(=O)c1[nH]c2ccccc2c1S(N)(=O)=O. The first-order valence-electron chi connectivity index (χ1n) is 5.25. The summed E-state index contributed by atoms with van der Waals surface area (Å²) < 4.78 is 28.0. The maximum absolute atomic E-state index is 11.7. The molecule has 0 aliphatic carbocycles. The van der Waals surface area contributed by atoms with Crippen LogP contribution >= 0.6 is 0 Å². The molecule has 0 unspecified atom stereocenters. The number of primary sulfonamides is 1. The van der Waals surface area contributed by atoms with Gasteiger partial charge in [0.05, 0.1) is 6.61 Å². The number of para-hydroxylation sites is 1. The predicted octanol–water partition coefficient (Wildman–Crippen LogP) is 0.992. The smallest absolute Gasteiger partial charge is 0.356 e. The van der Waals surface area contributed by atoms with E-state index in [1.807, 2.05) is 0 Å². The molecular formula is C11H12N2O4S. The number of sulfonamides is 1. The van der Waals surface area contributed by atoms with Gasteiger partial charge < -0.3 is 9.72 Å². The van der Waals surface area contributed by atoms with Crippen molar-refractivity contribution in [2.24, 2.45) is 5.14 Å². The Kier molecular flexibility index (Phi) is 3.10. The number of carbonyl (C=O) groups is 1. The third-order valence-electron chi connectivity index (χ3n) is 2.42. The van der Waals surface area contributed by atoms with Crippen molar-refractivity contribution < 1.29 is 17.9 Å². The highest BCUT2D eigenvalue weighted by Crippen LogP contribution is 2.26. The van der Waals surface area contributed by atoms with Crippen molar-refractivity contribution in [2.45, 2.75) is 11.8 Å². The molecule has 2 rings (SSSR count). The Bertz CT molecular complexity index is 703. The third-order valence-corrected chi connectivity index (χ3v) is 3.42. The molecule has 1 heterocycles. The number of nitrogens with two attached hydrogens (primary N) is 1. The van der Waals surface area contributed by atoms with Gasteiger partial charge in [0.15, 0.2) is 0 Å². The molecule has 0 radical (unpaired) electrons. The summed E-state index contributed by atoms with van der Waals surface area (Å²) in [6.45, 7) is 1.79. The highest BCUT2D eigenvalue weighted by atomic mass is 32.2. The summed E-state index contributed by atoms with van der Waals surface area (Å²) in [5, 5.41) is 5.52. The van der Waals surface area contributed by atoms with Crippen molar-refractivity contribution in [2.75, 3.05) is 6.61 Å². The first-order chi connectivity index (χ1) is 8.45. The van der Waals surface area contributed by atoms with Crippen molar-refractivity contribution in [3.05, 3.63) is 30.0 Å². The number of ether oxygens (including phenoxy) is 1. The van der Waals surface area contributed by atoms with E-state index in [4.69, 9.17) is 9.88 Å². The number of esters is 1. The minimum Gasteiger partial charge on any atom is -0.461 e. The largest absolute Gasteiger partial charge is 0.461 e. The van der Waals surface area contributed by atoms with E-state index in [1.54, 1.807) is 31.2 Å². The minimum absolute atomic E-state index is 0.138. The van der Waals surface area contributed by atoms with Gasteiger partial charge in [0.1, 0.15) is 10.6 Å². The summed E-state index contributed by atoms with van der Waals surface area (Å²) in [5.74, 6) is -0.738. The second kappa shape index (κ2) is 4.43. The van der Waals surface area contributed by atoms with E-state index in [0.717, 1.165) is 0 Å². The maximum atomic E-state index is 11.7. The first-order valence-corrected chi connectivity index (χ1v) is 6.80. The van der Waals surface area contributed by atoms with E-state index in [0.29, 0.717) is 10.9 Å². The Morgan fingerprint density at radius 2 is 2.06 bits per heavy atom. The molecule has 0 saturated carbocycles. The van der Waals surface area contributed by atoms with Crippen LogP contribution in [0, 0.1) is 0 Å². The molecule has 0 aliphatic rings. The summed E-state index contributed by atoms with van der Waals surface area (Å²) in [5.41, 5.74) is 0.380. The van der Waals surface area contributed by atoms with Crippen LogP contribution in [0.3, 0.4) is 0 Å². The number of aromatic nitrogens is 1. The molecule has 7 heteroatoms. The second-order valence-corrected chi connectivity index (χ2v) is 5.14. The molecule has 0 bridgehead atoms. The molecule has 0 saturated heterocycles. The monoisotopic (exact) mass is 268 g/mol. The van der Waals surface area contributed by atoms with Crippen LogP contribution in [0.4, 0.5) is 0 Å². The van der Waals surface area contributed by atoms with Crippen LogP contribution in [0.1, 0.15) is 17.4 Å². The Morgan fingerprint density at radius 1 is 1.39 bits per heavy atom. The molecule has 1 aromatic heterocycles. The summed E-state index contributed by atoms with van der Waals surface area (Å²) >= 11 is 0. The number of benzene rings is 1. The highest BCUT2D eigenvalue weighted by molar-refractivity contribution is 7.89. The highest BCUT2D eigenvalue weighted by Gasteiger charge is 2.25. The molecule has 1 aromatic carbocycles. The quantitative estimate of drug-likeness (QED) is 0.810. The molecule has 0 amide bonds. The number of hydrogen-bond acceptors (Lipinski definition) is 4. The predicted molar refractivity (Wildman–Crippen MR) is 65.6 cm³/mol.